The topological polar surface area (TPSA) is 111 Å². The molecule has 0 bridgehead atoms. The van der Waals surface area contributed by atoms with E-state index >= 15 is 0 Å². The number of aryl methyl sites for hydroxylation is 1. The number of fused-ring (bicyclic) bond motifs is 3. The van der Waals surface area contributed by atoms with Gasteiger partial charge in [0.2, 0.25) is 5.88 Å². The lowest BCUT2D eigenvalue weighted by Crippen LogP contribution is -2.35. The van der Waals surface area contributed by atoms with E-state index in [4.69, 9.17) is 21.1 Å². The molecule has 2 N–H and O–H groups in total. The highest BCUT2D eigenvalue weighted by atomic mass is 35.5. The van der Waals surface area contributed by atoms with Gasteiger partial charge in [-0.05, 0) is 49.9 Å². The highest BCUT2D eigenvalue weighted by Gasteiger charge is 2.22. The number of hydrogen-bond acceptors (Lipinski definition) is 6. The number of nitrogens with one attached hydrogen (secondary N) is 2. The Kier molecular flexibility index (Phi) is 7.43. The maximum Gasteiger partial charge on any atom is 0.259 e. The van der Waals surface area contributed by atoms with Crippen LogP contribution < -0.4 is 15.6 Å². The third kappa shape index (κ3) is 5.33. The van der Waals surface area contributed by atoms with Crippen molar-refractivity contribution < 1.29 is 14.3 Å². The standard InChI is InChI=1S/C27H30ClN5O4/c1-3-4-19(37-24-6-5-17(28)13-29-24)14-30-26(34)20-12-21-23(11-16(20)2)32-27(35)22-15-31-33(25(21)22)18-7-9-36-10-8-18/h5-6,11-13,15,18-19H,3-4,7-10,14H2,1-2H3,(H,30,34)(H,32,35)/t19-/m1/s1. The average molecular weight is 524 g/mol. The van der Waals surface area contributed by atoms with Gasteiger partial charge < -0.3 is 19.8 Å². The number of benzene rings is 1. The van der Waals surface area contributed by atoms with Crippen molar-refractivity contribution in [3.8, 4) is 5.88 Å². The first-order valence-electron chi connectivity index (χ1n) is 12.6. The van der Waals surface area contributed by atoms with E-state index in [9.17, 15) is 9.59 Å². The van der Waals surface area contributed by atoms with Crippen LogP contribution in [0.4, 0.5) is 0 Å². The smallest absolute Gasteiger partial charge is 0.259 e. The maximum atomic E-state index is 13.3. The number of rotatable bonds is 8. The third-order valence-corrected chi connectivity index (χ3v) is 7.00. The van der Waals surface area contributed by atoms with E-state index in [0.29, 0.717) is 47.1 Å². The molecule has 4 aromatic rings. The van der Waals surface area contributed by atoms with E-state index in [1.54, 1.807) is 18.3 Å². The molecule has 1 saturated heterocycles. The zero-order valence-corrected chi connectivity index (χ0v) is 21.7. The molecule has 1 fully saturated rings. The highest BCUT2D eigenvalue weighted by Crippen LogP contribution is 2.30. The first kappa shape index (κ1) is 25.2. The molecular weight excluding hydrogens is 494 g/mol. The average Bonchev–Trinajstić information content (AvgIpc) is 3.35. The summed E-state index contributed by atoms with van der Waals surface area (Å²) in [6.45, 7) is 5.58. The van der Waals surface area contributed by atoms with Crippen LogP contribution >= 0.6 is 11.6 Å². The monoisotopic (exact) mass is 523 g/mol. The molecule has 1 amide bonds. The normalized spacial score (nSPS) is 15.2. The molecule has 0 unspecified atom stereocenters. The summed E-state index contributed by atoms with van der Waals surface area (Å²) in [4.78, 5) is 33.3. The summed E-state index contributed by atoms with van der Waals surface area (Å²) in [7, 11) is 0. The van der Waals surface area contributed by atoms with Gasteiger partial charge >= 0.3 is 0 Å². The fourth-order valence-corrected chi connectivity index (χ4v) is 4.99. The van der Waals surface area contributed by atoms with Crippen molar-refractivity contribution in [1.29, 1.82) is 0 Å². The Balaban J connectivity index is 1.43. The first-order chi connectivity index (χ1) is 17.9. The van der Waals surface area contributed by atoms with Gasteiger partial charge in [-0.2, -0.15) is 5.10 Å². The Morgan fingerprint density at radius 3 is 2.81 bits per heavy atom. The molecule has 194 valence electrons. The molecule has 4 heterocycles. The number of aromatic amines is 1. The molecule has 9 nitrogen and oxygen atoms in total. The van der Waals surface area contributed by atoms with Crippen LogP contribution in [0.1, 0.15) is 54.6 Å². The minimum atomic E-state index is -0.235. The second-order valence-electron chi connectivity index (χ2n) is 9.42. The van der Waals surface area contributed by atoms with Crippen LogP contribution in [0, 0.1) is 6.92 Å². The number of pyridine rings is 2. The largest absolute Gasteiger partial charge is 0.472 e. The lowest BCUT2D eigenvalue weighted by Gasteiger charge is -2.23. The molecule has 5 rings (SSSR count). The third-order valence-electron chi connectivity index (χ3n) is 6.78. The molecule has 1 aliphatic heterocycles. The summed E-state index contributed by atoms with van der Waals surface area (Å²) in [6.07, 6.45) is 6.21. The number of aromatic nitrogens is 4. The Bertz CT molecular complexity index is 1470. The van der Waals surface area contributed by atoms with E-state index in [-0.39, 0.29) is 23.6 Å². The van der Waals surface area contributed by atoms with Crippen molar-refractivity contribution in [2.24, 2.45) is 0 Å². The van der Waals surface area contributed by atoms with E-state index in [2.05, 4.69) is 27.3 Å². The molecular formula is C27H30ClN5O4. The van der Waals surface area contributed by atoms with Crippen LogP contribution in [0.25, 0.3) is 21.8 Å². The minimum Gasteiger partial charge on any atom is -0.472 e. The number of carbonyl (C=O) groups is 1. The number of halogens is 1. The quantitative estimate of drug-likeness (QED) is 0.350. The van der Waals surface area contributed by atoms with Gasteiger partial charge in [0.1, 0.15) is 6.10 Å². The Morgan fingerprint density at radius 1 is 1.27 bits per heavy atom. The molecule has 0 aliphatic carbocycles. The Labute approximate surface area is 219 Å². The lowest BCUT2D eigenvalue weighted by molar-refractivity contribution is 0.0675. The molecule has 37 heavy (non-hydrogen) atoms. The maximum absolute atomic E-state index is 13.3. The zero-order valence-electron chi connectivity index (χ0n) is 20.9. The number of H-pyrrole nitrogens is 1. The number of carbonyl (C=O) groups excluding carboxylic acids is 1. The van der Waals surface area contributed by atoms with Crippen molar-refractivity contribution in [2.75, 3.05) is 19.8 Å². The van der Waals surface area contributed by atoms with E-state index in [0.717, 1.165) is 42.1 Å². The fourth-order valence-electron chi connectivity index (χ4n) is 4.87. The molecule has 10 heteroatoms. The zero-order chi connectivity index (χ0) is 25.9. The van der Waals surface area contributed by atoms with E-state index in [1.165, 1.54) is 6.20 Å². The lowest BCUT2D eigenvalue weighted by atomic mass is 10.0. The van der Waals surface area contributed by atoms with Crippen LogP contribution in [-0.4, -0.2) is 51.5 Å². The predicted molar refractivity (Wildman–Crippen MR) is 143 cm³/mol. The Morgan fingerprint density at radius 2 is 2.08 bits per heavy atom. The highest BCUT2D eigenvalue weighted by molar-refractivity contribution is 6.30. The first-order valence-corrected chi connectivity index (χ1v) is 13.0. The van der Waals surface area contributed by atoms with Crippen LogP contribution in [-0.2, 0) is 4.74 Å². The second kappa shape index (κ2) is 10.9. The molecule has 1 aliphatic rings. The van der Waals surface area contributed by atoms with Crippen molar-refractivity contribution in [2.45, 2.75) is 51.7 Å². The van der Waals surface area contributed by atoms with E-state index in [1.807, 2.05) is 23.7 Å². The number of ether oxygens (including phenoxy) is 2. The van der Waals surface area contributed by atoms with Crippen LogP contribution in [0.3, 0.4) is 0 Å². The Hall–Kier alpha value is -3.43. The fraction of sp³-hybridized carbons (Fsp3) is 0.407. The summed E-state index contributed by atoms with van der Waals surface area (Å²) in [5.41, 5.74) is 2.56. The van der Waals surface area contributed by atoms with Crippen molar-refractivity contribution in [3.05, 3.63) is 63.2 Å². The summed E-state index contributed by atoms with van der Waals surface area (Å²) in [5, 5.41) is 9.43. The molecule has 0 saturated carbocycles. The van der Waals surface area contributed by atoms with Crippen molar-refractivity contribution in [1.82, 2.24) is 25.1 Å². The van der Waals surface area contributed by atoms with Gasteiger partial charge in [0.15, 0.2) is 0 Å². The summed E-state index contributed by atoms with van der Waals surface area (Å²) >= 11 is 5.92. The molecule has 1 atom stereocenters. The van der Waals surface area contributed by atoms with Crippen LogP contribution in [0.2, 0.25) is 5.02 Å². The van der Waals surface area contributed by atoms with Gasteiger partial charge in [0, 0.05) is 36.4 Å². The SMILES string of the molecule is CCC[C@H](CNC(=O)c1cc2c(cc1C)[nH]c(=O)c1cnn(C3CCOCC3)c12)Oc1ccc(Cl)cn1. The minimum absolute atomic E-state index is 0.142. The second-order valence-corrected chi connectivity index (χ2v) is 9.85. The van der Waals surface area contributed by atoms with Gasteiger partial charge in [-0.15, -0.1) is 0 Å². The van der Waals surface area contributed by atoms with Gasteiger partial charge in [-0.25, -0.2) is 4.98 Å². The number of hydrogen-bond donors (Lipinski definition) is 2. The molecule has 0 radical (unpaired) electrons. The van der Waals surface area contributed by atoms with Gasteiger partial charge in [-0.3, -0.25) is 14.3 Å². The van der Waals surface area contributed by atoms with Crippen molar-refractivity contribution in [3.63, 3.8) is 0 Å². The number of nitrogens with zero attached hydrogens (tertiary/aromatic N) is 3. The number of amides is 1. The van der Waals surface area contributed by atoms with Crippen molar-refractivity contribution >= 4 is 39.3 Å². The molecule has 1 aromatic carbocycles. The van der Waals surface area contributed by atoms with Crippen LogP contribution in [0.5, 0.6) is 5.88 Å². The molecule has 3 aromatic heterocycles. The van der Waals surface area contributed by atoms with Crippen LogP contribution in [0.15, 0.2) is 41.5 Å². The van der Waals surface area contributed by atoms with E-state index < -0.39 is 0 Å². The summed E-state index contributed by atoms with van der Waals surface area (Å²) in [5.74, 6) is 0.261. The predicted octanol–water partition coefficient (Wildman–Crippen LogP) is 4.56. The van der Waals surface area contributed by atoms with Gasteiger partial charge in [-0.1, -0.05) is 24.9 Å². The van der Waals surface area contributed by atoms with Gasteiger partial charge in [0.05, 0.1) is 40.2 Å². The van der Waals surface area contributed by atoms with Gasteiger partial charge in [0.25, 0.3) is 11.5 Å². The molecule has 0 spiro atoms. The summed E-state index contributed by atoms with van der Waals surface area (Å²) in [6, 6.07) is 7.28. The summed E-state index contributed by atoms with van der Waals surface area (Å²) < 4.78 is 13.4.